The van der Waals surface area contributed by atoms with E-state index in [0.29, 0.717) is 22.1 Å². The van der Waals surface area contributed by atoms with Crippen molar-refractivity contribution in [1.29, 1.82) is 0 Å². The van der Waals surface area contributed by atoms with Crippen LogP contribution in [0.5, 0.6) is 0 Å². The number of tetrazole rings is 1. The summed E-state index contributed by atoms with van der Waals surface area (Å²) in [5.74, 6) is -0.720. The molecule has 0 spiro atoms. The number of hydrogen-bond acceptors (Lipinski definition) is 6. The van der Waals surface area contributed by atoms with Gasteiger partial charge in [0.2, 0.25) is 11.1 Å². The lowest BCUT2D eigenvalue weighted by atomic mass is 10.1. The monoisotopic (exact) mass is 413 g/mol. The Balaban J connectivity index is 1.70. The molecule has 150 valence electrons. The number of nitrogens with zero attached hydrogens (tertiary/aromatic N) is 4. The molecule has 0 unspecified atom stereocenters. The van der Waals surface area contributed by atoms with E-state index < -0.39 is 11.1 Å². The number of carbonyl (C=O) groups excluding carboxylic acids is 2. The second kappa shape index (κ2) is 8.95. The first-order valence-corrected chi connectivity index (χ1v) is 9.89. The van der Waals surface area contributed by atoms with Crippen LogP contribution in [-0.2, 0) is 4.79 Å². The first-order valence-electron chi connectivity index (χ1n) is 9.01. The highest BCUT2D eigenvalue weighted by atomic mass is 32.2. The molecule has 0 aliphatic heterocycles. The zero-order valence-electron chi connectivity index (χ0n) is 16.2. The standard InChI is InChI=1S/C20H20FN5O2S/c1-12(2)19(28)22-16-9-7-14(8-10-16)18(27)13(3)29-20-23-24-25-26(20)17-6-4-5-15(21)11-17/h4-13H,1-3H3,(H,22,28)/t13-/m0/s1. The molecule has 9 heteroatoms. The Hall–Kier alpha value is -3.07. The fourth-order valence-corrected chi connectivity index (χ4v) is 3.36. The molecule has 0 bridgehead atoms. The van der Waals surface area contributed by atoms with E-state index >= 15 is 0 Å². The van der Waals surface area contributed by atoms with E-state index in [4.69, 9.17) is 0 Å². The molecule has 0 saturated carbocycles. The Morgan fingerprint density at radius 3 is 2.48 bits per heavy atom. The van der Waals surface area contributed by atoms with Crippen LogP contribution in [0.15, 0.2) is 53.7 Å². The second-order valence-electron chi connectivity index (χ2n) is 6.70. The highest BCUT2D eigenvalue weighted by molar-refractivity contribution is 8.00. The van der Waals surface area contributed by atoms with E-state index in [-0.39, 0.29) is 17.6 Å². The minimum atomic E-state index is -0.468. The summed E-state index contributed by atoms with van der Waals surface area (Å²) in [7, 11) is 0. The fourth-order valence-electron chi connectivity index (χ4n) is 2.47. The van der Waals surface area contributed by atoms with Gasteiger partial charge in [-0.2, -0.15) is 4.68 Å². The zero-order chi connectivity index (χ0) is 21.0. The third-order valence-electron chi connectivity index (χ3n) is 4.11. The lowest BCUT2D eigenvalue weighted by molar-refractivity contribution is -0.118. The summed E-state index contributed by atoms with van der Waals surface area (Å²) < 4.78 is 14.9. The van der Waals surface area contributed by atoms with E-state index in [1.807, 2.05) is 13.8 Å². The quantitative estimate of drug-likeness (QED) is 0.469. The summed E-state index contributed by atoms with van der Waals surface area (Å²) >= 11 is 1.18. The van der Waals surface area contributed by atoms with Crippen molar-refractivity contribution in [3.8, 4) is 5.69 Å². The normalized spacial score (nSPS) is 12.0. The van der Waals surface area contributed by atoms with Crippen molar-refractivity contribution in [3.05, 3.63) is 59.9 Å². The van der Waals surface area contributed by atoms with Crippen LogP contribution in [0.2, 0.25) is 0 Å². The minimum Gasteiger partial charge on any atom is -0.326 e. The lowest BCUT2D eigenvalue weighted by Gasteiger charge is -2.11. The average molecular weight is 413 g/mol. The molecule has 7 nitrogen and oxygen atoms in total. The lowest BCUT2D eigenvalue weighted by Crippen LogP contribution is -2.18. The minimum absolute atomic E-state index is 0.0859. The Kier molecular flexibility index (Phi) is 6.38. The molecule has 29 heavy (non-hydrogen) atoms. The highest BCUT2D eigenvalue weighted by Gasteiger charge is 2.21. The van der Waals surface area contributed by atoms with Crippen LogP contribution in [0.4, 0.5) is 10.1 Å². The van der Waals surface area contributed by atoms with Gasteiger partial charge in [0.05, 0.1) is 10.9 Å². The van der Waals surface area contributed by atoms with Crippen molar-refractivity contribution in [3.63, 3.8) is 0 Å². The SMILES string of the molecule is CC(C)C(=O)Nc1ccc(C(=O)[C@H](C)Sc2nnnn2-c2cccc(F)c2)cc1. The van der Waals surface area contributed by atoms with Gasteiger partial charge in [-0.15, -0.1) is 5.10 Å². The summed E-state index contributed by atoms with van der Waals surface area (Å²) in [6, 6.07) is 12.6. The van der Waals surface area contributed by atoms with Crippen LogP contribution in [0.1, 0.15) is 31.1 Å². The number of Topliss-reactive ketones (excluding diaryl/α,β-unsaturated/α-hetero) is 1. The molecule has 0 fully saturated rings. The number of halogens is 1. The second-order valence-corrected chi connectivity index (χ2v) is 8.01. The number of carbonyl (C=O) groups is 2. The summed E-state index contributed by atoms with van der Waals surface area (Å²) in [6.45, 7) is 5.37. The molecule has 1 atom stereocenters. The topological polar surface area (TPSA) is 89.8 Å². The van der Waals surface area contributed by atoms with Crippen molar-refractivity contribution in [2.75, 3.05) is 5.32 Å². The van der Waals surface area contributed by atoms with Crippen LogP contribution in [0.25, 0.3) is 5.69 Å². The molecule has 0 aliphatic rings. The molecular formula is C20H20FN5O2S. The summed E-state index contributed by atoms with van der Waals surface area (Å²) in [4.78, 5) is 24.5. The van der Waals surface area contributed by atoms with Gasteiger partial charge >= 0.3 is 0 Å². The fraction of sp³-hybridized carbons (Fsp3) is 0.250. The number of benzene rings is 2. The van der Waals surface area contributed by atoms with Gasteiger partial charge in [-0.1, -0.05) is 31.7 Å². The van der Waals surface area contributed by atoms with E-state index in [1.165, 1.54) is 28.6 Å². The Labute approximate surface area is 171 Å². The van der Waals surface area contributed by atoms with Crippen molar-refractivity contribution in [2.24, 2.45) is 5.92 Å². The third kappa shape index (κ3) is 5.05. The molecule has 2 aromatic carbocycles. The largest absolute Gasteiger partial charge is 0.326 e. The molecular weight excluding hydrogens is 393 g/mol. The van der Waals surface area contributed by atoms with Gasteiger partial charge in [0.1, 0.15) is 5.82 Å². The molecule has 1 heterocycles. The average Bonchev–Trinajstić information content (AvgIpc) is 3.16. The van der Waals surface area contributed by atoms with Gasteiger partial charge in [0.25, 0.3) is 0 Å². The maximum Gasteiger partial charge on any atom is 0.226 e. The molecule has 1 aromatic heterocycles. The Bertz CT molecular complexity index is 1020. The van der Waals surface area contributed by atoms with Crippen LogP contribution in [-0.4, -0.2) is 37.1 Å². The zero-order valence-corrected chi connectivity index (χ0v) is 17.0. The van der Waals surface area contributed by atoms with Crippen LogP contribution in [0, 0.1) is 11.7 Å². The molecule has 0 radical (unpaired) electrons. The van der Waals surface area contributed by atoms with Crippen molar-refractivity contribution in [1.82, 2.24) is 20.2 Å². The molecule has 3 rings (SSSR count). The van der Waals surface area contributed by atoms with Gasteiger partial charge < -0.3 is 5.32 Å². The summed E-state index contributed by atoms with van der Waals surface area (Å²) in [5.41, 5.74) is 1.62. The number of rotatable bonds is 7. The van der Waals surface area contributed by atoms with Crippen molar-refractivity contribution >= 4 is 29.1 Å². The van der Waals surface area contributed by atoms with Gasteiger partial charge in [-0.3, -0.25) is 9.59 Å². The molecule has 0 aliphatic carbocycles. The summed E-state index contributed by atoms with van der Waals surface area (Å²) in [5, 5.41) is 14.2. The summed E-state index contributed by atoms with van der Waals surface area (Å²) in [6.07, 6.45) is 0. The molecule has 0 saturated heterocycles. The van der Waals surface area contributed by atoms with Crippen LogP contribution < -0.4 is 5.32 Å². The predicted molar refractivity (Wildman–Crippen MR) is 109 cm³/mol. The first kappa shape index (κ1) is 20.7. The van der Waals surface area contributed by atoms with Gasteiger partial charge in [-0.05, 0) is 59.8 Å². The van der Waals surface area contributed by atoms with Gasteiger partial charge in [0.15, 0.2) is 5.78 Å². The number of thioether (sulfide) groups is 1. The van der Waals surface area contributed by atoms with E-state index in [0.717, 1.165) is 0 Å². The maximum atomic E-state index is 13.5. The first-order chi connectivity index (χ1) is 13.8. The van der Waals surface area contributed by atoms with Crippen molar-refractivity contribution in [2.45, 2.75) is 31.2 Å². The van der Waals surface area contributed by atoms with Crippen molar-refractivity contribution < 1.29 is 14.0 Å². The van der Waals surface area contributed by atoms with Crippen LogP contribution in [0.3, 0.4) is 0 Å². The van der Waals surface area contributed by atoms with Gasteiger partial charge in [-0.25, -0.2) is 4.39 Å². The van der Waals surface area contributed by atoms with E-state index in [9.17, 15) is 14.0 Å². The Morgan fingerprint density at radius 1 is 1.10 bits per heavy atom. The number of ketones is 1. The van der Waals surface area contributed by atoms with E-state index in [2.05, 4.69) is 20.8 Å². The smallest absolute Gasteiger partial charge is 0.226 e. The van der Waals surface area contributed by atoms with Crippen LogP contribution >= 0.6 is 11.8 Å². The van der Waals surface area contributed by atoms with Gasteiger partial charge in [0, 0.05) is 17.2 Å². The number of nitrogens with one attached hydrogen (secondary N) is 1. The Morgan fingerprint density at radius 2 is 1.83 bits per heavy atom. The molecule has 3 aromatic rings. The van der Waals surface area contributed by atoms with E-state index in [1.54, 1.807) is 43.3 Å². The number of anilines is 1. The third-order valence-corrected chi connectivity index (χ3v) is 5.14. The predicted octanol–water partition coefficient (Wildman–Crippen LogP) is 3.76. The number of amides is 1. The highest BCUT2D eigenvalue weighted by Crippen LogP contribution is 2.26. The number of hydrogen-bond donors (Lipinski definition) is 1. The maximum absolute atomic E-state index is 13.5. The molecule has 1 amide bonds. The number of aromatic nitrogens is 4. The molecule has 1 N–H and O–H groups in total.